The fraction of sp³-hybridized carbons (Fsp3) is 0.231. The molecule has 1 heterocycles. The van der Waals surface area contributed by atoms with Gasteiger partial charge in [0.05, 0.1) is 11.7 Å². The Morgan fingerprint density at radius 2 is 2.05 bits per heavy atom. The Balaban J connectivity index is 1.88. The summed E-state index contributed by atoms with van der Waals surface area (Å²) in [6.07, 6.45) is 2.00. The van der Waals surface area contributed by atoms with Gasteiger partial charge in [0.25, 0.3) is 0 Å². The molecule has 0 saturated heterocycles. The molecule has 0 fully saturated rings. The number of halogens is 2. The molecular formula is C13H12Cl2N4. The number of rotatable bonds is 2. The molecule has 1 aliphatic rings. The molecule has 0 spiro atoms. The molecule has 0 amide bonds. The van der Waals surface area contributed by atoms with Crippen LogP contribution in [0.4, 0.5) is 11.4 Å². The van der Waals surface area contributed by atoms with Crippen LogP contribution in [0, 0.1) is 0 Å². The van der Waals surface area contributed by atoms with Crippen LogP contribution in [0.2, 0.25) is 10.3 Å². The minimum absolute atomic E-state index is 0.202. The maximum atomic E-state index is 6.01. The topological polar surface area (TPSA) is 63.8 Å². The van der Waals surface area contributed by atoms with E-state index < -0.39 is 0 Å². The molecule has 3 rings (SSSR count). The number of hydrogen-bond acceptors (Lipinski definition) is 4. The first-order valence-electron chi connectivity index (χ1n) is 5.97. The Morgan fingerprint density at radius 3 is 2.89 bits per heavy atom. The Morgan fingerprint density at radius 1 is 1.21 bits per heavy atom. The van der Waals surface area contributed by atoms with Crippen LogP contribution in [0.25, 0.3) is 0 Å². The van der Waals surface area contributed by atoms with Gasteiger partial charge in [0.2, 0.25) is 0 Å². The lowest BCUT2D eigenvalue weighted by molar-refractivity contribution is 0.760. The van der Waals surface area contributed by atoms with E-state index in [4.69, 9.17) is 28.9 Å². The molecule has 0 bridgehead atoms. The summed E-state index contributed by atoms with van der Waals surface area (Å²) < 4.78 is 0. The Bertz CT molecular complexity index is 630. The molecule has 2 aromatic rings. The van der Waals surface area contributed by atoms with Gasteiger partial charge < -0.3 is 11.1 Å². The summed E-state index contributed by atoms with van der Waals surface area (Å²) in [5.74, 6) is 0. The number of benzene rings is 1. The summed E-state index contributed by atoms with van der Waals surface area (Å²) in [7, 11) is 0. The van der Waals surface area contributed by atoms with Gasteiger partial charge in [-0.25, -0.2) is 0 Å². The first kappa shape index (κ1) is 12.5. The smallest absolute Gasteiger partial charge is 0.174 e. The Kier molecular flexibility index (Phi) is 3.21. The van der Waals surface area contributed by atoms with Crippen molar-refractivity contribution in [1.29, 1.82) is 0 Å². The minimum Gasteiger partial charge on any atom is -0.399 e. The predicted molar refractivity (Wildman–Crippen MR) is 77.6 cm³/mol. The molecule has 0 saturated carbocycles. The molecule has 1 aromatic carbocycles. The lowest BCUT2D eigenvalue weighted by Crippen LogP contribution is -2.08. The van der Waals surface area contributed by atoms with Gasteiger partial charge in [0.1, 0.15) is 0 Å². The number of aromatic nitrogens is 2. The third kappa shape index (κ3) is 2.46. The van der Waals surface area contributed by atoms with Crippen LogP contribution in [0.3, 0.4) is 0 Å². The highest BCUT2D eigenvalue weighted by Gasteiger charge is 2.23. The van der Waals surface area contributed by atoms with Gasteiger partial charge >= 0.3 is 0 Å². The number of fused-ring (bicyclic) bond motifs is 1. The average Bonchev–Trinajstić information content (AvgIpc) is 2.76. The van der Waals surface area contributed by atoms with Crippen molar-refractivity contribution in [2.75, 3.05) is 11.1 Å². The van der Waals surface area contributed by atoms with Crippen molar-refractivity contribution in [3.63, 3.8) is 0 Å². The van der Waals surface area contributed by atoms with Crippen LogP contribution >= 0.6 is 23.2 Å². The van der Waals surface area contributed by atoms with Gasteiger partial charge in [0, 0.05) is 11.8 Å². The van der Waals surface area contributed by atoms with Crippen LogP contribution in [0.15, 0.2) is 24.3 Å². The molecule has 98 valence electrons. The number of nitrogens with two attached hydrogens (primary N) is 1. The summed E-state index contributed by atoms with van der Waals surface area (Å²) in [6, 6.07) is 7.88. The SMILES string of the molecule is Nc1ccc2c(c1)CCC2Nc1cc(Cl)nnc1Cl. The maximum absolute atomic E-state index is 6.01. The van der Waals surface area contributed by atoms with Gasteiger partial charge in [-0.3, -0.25) is 0 Å². The second kappa shape index (κ2) is 4.87. The highest BCUT2D eigenvalue weighted by Crippen LogP contribution is 2.36. The Labute approximate surface area is 120 Å². The van der Waals surface area contributed by atoms with Crippen LogP contribution < -0.4 is 11.1 Å². The Hall–Kier alpha value is -1.52. The number of nitrogens with one attached hydrogen (secondary N) is 1. The monoisotopic (exact) mass is 294 g/mol. The van der Waals surface area contributed by atoms with E-state index in [1.54, 1.807) is 6.07 Å². The summed E-state index contributed by atoms with van der Waals surface area (Å²) in [5, 5.41) is 11.5. The standard InChI is InChI=1S/C13H12Cl2N4/c14-12-6-11(13(15)19-18-12)17-10-4-1-7-5-8(16)2-3-9(7)10/h2-3,5-6,10H,1,4,16H2,(H,17,18). The third-order valence-electron chi connectivity index (χ3n) is 3.29. The zero-order valence-electron chi connectivity index (χ0n) is 10.0. The molecule has 6 heteroatoms. The van der Waals surface area contributed by atoms with Gasteiger partial charge in [-0.1, -0.05) is 29.3 Å². The van der Waals surface area contributed by atoms with E-state index in [0.717, 1.165) is 18.5 Å². The van der Waals surface area contributed by atoms with Crippen molar-refractivity contribution in [2.45, 2.75) is 18.9 Å². The first-order chi connectivity index (χ1) is 9.13. The van der Waals surface area contributed by atoms with E-state index in [9.17, 15) is 0 Å². The molecule has 0 aliphatic heterocycles. The fourth-order valence-electron chi connectivity index (χ4n) is 2.43. The zero-order valence-corrected chi connectivity index (χ0v) is 11.5. The highest BCUT2D eigenvalue weighted by atomic mass is 35.5. The molecule has 0 radical (unpaired) electrons. The van der Waals surface area contributed by atoms with Crippen LogP contribution in [-0.2, 0) is 6.42 Å². The summed E-state index contributed by atoms with van der Waals surface area (Å²) >= 11 is 11.8. The van der Waals surface area contributed by atoms with E-state index in [2.05, 4.69) is 21.6 Å². The minimum atomic E-state index is 0.202. The predicted octanol–water partition coefficient (Wildman–Crippen LogP) is 3.47. The second-order valence-electron chi connectivity index (χ2n) is 4.57. The zero-order chi connectivity index (χ0) is 13.4. The number of nitrogens with zero attached hydrogens (tertiary/aromatic N) is 2. The van der Waals surface area contributed by atoms with Crippen molar-refractivity contribution >= 4 is 34.6 Å². The van der Waals surface area contributed by atoms with E-state index in [1.807, 2.05) is 12.1 Å². The normalized spacial score (nSPS) is 17.3. The molecule has 1 aliphatic carbocycles. The number of anilines is 2. The highest BCUT2D eigenvalue weighted by molar-refractivity contribution is 6.33. The molecule has 1 atom stereocenters. The van der Waals surface area contributed by atoms with Crippen molar-refractivity contribution in [1.82, 2.24) is 10.2 Å². The van der Waals surface area contributed by atoms with E-state index in [-0.39, 0.29) is 6.04 Å². The van der Waals surface area contributed by atoms with E-state index in [1.165, 1.54) is 11.1 Å². The van der Waals surface area contributed by atoms with Gasteiger partial charge in [-0.05, 0) is 36.1 Å². The largest absolute Gasteiger partial charge is 0.399 e. The molecule has 19 heavy (non-hydrogen) atoms. The fourth-order valence-corrected chi connectivity index (χ4v) is 2.72. The van der Waals surface area contributed by atoms with E-state index in [0.29, 0.717) is 16.0 Å². The van der Waals surface area contributed by atoms with Crippen molar-refractivity contribution in [3.8, 4) is 0 Å². The third-order valence-corrected chi connectivity index (χ3v) is 3.76. The number of aryl methyl sites for hydroxylation is 1. The van der Waals surface area contributed by atoms with Gasteiger partial charge in [-0.15, -0.1) is 10.2 Å². The maximum Gasteiger partial charge on any atom is 0.174 e. The molecule has 4 nitrogen and oxygen atoms in total. The number of hydrogen-bond donors (Lipinski definition) is 2. The molecule has 3 N–H and O–H groups in total. The van der Waals surface area contributed by atoms with Crippen LogP contribution in [0.5, 0.6) is 0 Å². The molecule has 1 unspecified atom stereocenters. The van der Waals surface area contributed by atoms with Gasteiger partial charge in [-0.2, -0.15) is 0 Å². The quantitative estimate of drug-likeness (QED) is 0.833. The van der Waals surface area contributed by atoms with Gasteiger partial charge in [0.15, 0.2) is 10.3 Å². The van der Waals surface area contributed by atoms with Crippen molar-refractivity contribution in [2.24, 2.45) is 0 Å². The van der Waals surface area contributed by atoms with E-state index >= 15 is 0 Å². The molecule has 1 aromatic heterocycles. The van der Waals surface area contributed by atoms with Crippen molar-refractivity contribution in [3.05, 3.63) is 45.7 Å². The summed E-state index contributed by atoms with van der Waals surface area (Å²) in [5.41, 5.74) is 9.83. The van der Waals surface area contributed by atoms with Crippen molar-refractivity contribution < 1.29 is 0 Å². The summed E-state index contributed by atoms with van der Waals surface area (Å²) in [4.78, 5) is 0. The lowest BCUT2D eigenvalue weighted by Gasteiger charge is -2.16. The van der Waals surface area contributed by atoms with Crippen LogP contribution in [-0.4, -0.2) is 10.2 Å². The summed E-state index contributed by atoms with van der Waals surface area (Å²) in [6.45, 7) is 0. The van der Waals surface area contributed by atoms with Crippen LogP contribution in [0.1, 0.15) is 23.6 Å². The first-order valence-corrected chi connectivity index (χ1v) is 6.72. The average molecular weight is 295 g/mol. The second-order valence-corrected chi connectivity index (χ2v) is 5.31. The lowest BCUT2D eigenvalue weighted by atomic mass is 10.1. The molecular weight excluding hydrogens is 283 g/mol. The number of nitrogen functional groups attached to an aromatic ring is 1.